The molecule has 1 amide bonds. The summed E-state index contributed by atoms with van der Waals surface area (Å²) in [6, 6.07) is 14.3. The zero-order chi connectivity index (χ0) is 26.9. The molecule has 38 heavy (non-hydrogen) atoms. The first kappa shape index (κ1) is 25.7. The molecule has 1 saturated carbocycles. The van der Waals surface area contributed by atoms with Crippen molar-refractivity contribution in [2.75, 3.05) is 27.2 Å². The highest BCUT2D eigenvalue weighted by Crippen LogP contribution is 2.47. The Kier molecular flexibility index (Phi) is 7.08. The molecule has 1 aliphatic carbocycles. The smallest absolute Gasteiger partial charge is 0.252 e. The highest BCUT2D eigenvalue weighted by molar-refractivity contribution is 5.97. The molecule has 2 heterocycles. The van der Waals surface area contributed by atoms with E-state index in [4.69, 9.17) is 9.84 Å². The van der Waals surface area contributed by atoms with Crippen LogP contribution in [0.1, 0.15) is 41.3 Å². The Bertz CT molecular complexity index is 1450. The minimum atomic E-state index is -0.411. The molecule has 0 radical (unpaired) electrons. The largest absolute Gasteiger partial charge is 0.492 e. The maximum atomic E-state index is 13.6. The van der Waals surface area contributed by atoms with Gasteiger partial charge in [-0.05, 0) is 93.9 Å². The van der Waals surface area contributed by atoms with Crippen molar-refractivity contribution in [1.82, 2.24) is 29.8 Å². The average molecular weight is 513 g/mol. The van der Waals surface area contributed by atoms with E-state index in [1.165, 1.54) is 0 Å². The molecule has 4 aromatic rings. The van der Waals surface area contributed by atoms with Gasteiger partial charge in [0.1, 0.15) is 12.4 Å². The lowest BCUT2D eigenvalue weighted by molar-refractivity contribution is 0.0929. The van der Waals surface area contributed by atoms with Crippen LogP contribution >= 0.6 is 0 Å². The molecule has 1 fully saturated rings. The molecule has 1 aliphatic rings. The molecule has 1 N–H and O–H groups in total. The zero-order valence-electron chi connectivity index (χ0n) is 22.9. The van der Waals surface area contributed by atoms with Gasteiger partial charge in [0.2, 0.25) is 0 Å². The third kappa shape index (κ3) is 5.50. The molecule has 0 aliphatic heterocycles. The van der Waals surface area contributed by atoms with Gasteiger partial charge in [-0.15, -0.1) is 0 Å². The van der Waals surface area contributed by atoms with E-state index in [1.54, 1.807) is 4.68 Å². The quantitative estimate of drug-likeness (QED) is 0.335. The molecular formula is C30H36N6O2. The summed E-state index contributed by atoms with van der Waals surface area (Å²) in [4.78, 5) is 15.6. The van der Waals surface area contributed by atoms with Gasteiger partial charge in [-0.1, -0.05) is 6.07 Å². The summed E-state index contributed by atoms with van der Waals surface area (Å²) in [6.07, 6.45) is 7.65. The van der Waals surface area contributed by atoms with Crippen LogP contribution in [0, 0.1) is 6.92 Å². The van der Waals surface area contributed by atoms with Gasteiger partial charge in [0.25, 0.3) is 5.91 Å². The number of aryl methyl sites for hydroxylation is 3. The van der Waals surface area contributed by atoms with Gasteiger partial charge in [0.15, 0.2) is 0 Å². The normalized spacial score (nSPS) is 14.1. The summed E-state index contributed by atoms with van der Waals surface area (Å²) in [7, 11) is 5.94. The molecule has 198 valence electrons. The number of nitrogens with zero attached hydrogens (tertiary/aromatic N) is 5. The number of likely N-dealkylation sites (N-methyl/N-ethyl adjacent to an activating group) is 1. The van der Waals surface area contributed by atoms with E-state index >= 15 is 0 Å². The zero-order valence-corrected chi connectivity index (χ0v) is 22.9. The van der Waals surface area contributed by atoms with E-state index in [1.807, 2.05) is 75.6 Å². The second-order valence-corrected chi connectivity index (χ2v) is 10.4. The van der Waals surface area contributed by atoms with Crippen LogP contribution in [0.5, 0.6) is 5.75 Å². The second-order valence-electron chi connectivity index (χ2n) is 10.4. The average Bonchev–Trinajstić information content (AvgIpc) is 3.30. The first-order valence-electron chi connectivity index (χ1n) is 13.2. The van der Waals surface area contributed by atoms with Crippen molar-refractivity contribution in [3.63, 3.8) is 0 Å². The van der Waals surface area contributed by atoms with E-state index in [2.05, 4.69) is 40.4 Å². The monoisotopic (exact) mass is 512 g/mol. The Balaban J connectivity index is 1.45. The van der Waals surface area contributed by atoms with Gasteiger partial charge in [0.05, 0.1) is 17.4 Å². The summed E-state index contributed by atoms with van der Waals surface area (Å²) in [5.74, 6) is 0.626. The predicted molar refractivity (Wildman–Crippen MR) is 149 cm³/mol. The summed E-state index contributed by atoms with van der Waals surface area (Å²) in [5.41, 5.74) is 6.28. The number of rotatable bonds is 10. The maximum absolute atomic E-state index is 13.6. The summed E-state index contributed by atoms with van der Waals surface area (Å²) in [5, 5.41) is 12.5. The maximum Gasteiger partial charge on any atom is 0.252 e. The highest BCUT2D eigenvalue weighted by Gasteiger charge is 2.46. The molecule has 2 aromatic carbocycles. The van der Waals surface area contributed by atoms with Gasteiger partial charge in [0, 0.05) is 49.2 Å². The molecule has 8 nitrogen and oxygen atoms in total. The van der Waals surface area contributed by atoms with Crippen molar-refractivity contribution in [2.45, 2.75) is 38.8 Å². The fraction of sp³-hybridized carbons (Fsp3) is 0.367. The van der Waals surface area contributed by atoms with E-state index in [-0.39, 0.29) is 5.91 Å². The van der Waals surface area contributed by atoms with E-state index in [0.29, 0.717) is 17.9 Å². The molecule has 0 saturated heterocycles. The standard InChI is InChI=1S/C30H36N6O2/c1-6-36-12-9-28(33-36)23-15-22(24-19-31-35(5)20-24)16-25(17-23)30(10-11-30)32-29(37)27-18-26(8-7-21(27)2)38-14-13-34(3)4/h7-9,12,15-20H,6,10-11,13-14H2,1-5H3,(H,32,37). The van der Waals surface area contributed by atoms with Crippen LogP contribution in [0.2, 0.25) is 0 Å². The second kappa shape index (κ2) is 10.5. The lowest BCUT2D eigenvalue weighted by Crippen LogP contribution is -2.35. The molecule has 0 bridgehead atoms. The predicted octanol–water partition coefficient (Wildman–Crippen LogP) is 4.64. The first-order valence-corrected chi connectivity index (χ1v) is 13.2. The fourth-order valence-corrected chi connectivity index (χ4v) is 4.66. The molecule has 0 spiro atoms. The van der Waals surface area contributed by atoms with Crippen LogP contribution in [0.3, 0.4) is 0 Å². The van der Waals surface area contributed by atoms with Crippen molar-refractivity contribution < 1.29 is 9.53 Å². The van der Waals surface area contributed by atoms with Gasteiger partial charge < -0.3 is 15.0 Å². The Labute approximate surface area is 224 Å². The Morgan fingerprint density at radius 2 is 1.89 bits per heavy atom. The van der Waals surface area contributed by atoms with Gasteiger partial charge in [-0.25, -0.2) is 0 Å². The number of amides is 1. The molecule has 8 heteroatoms. The lowest BCUT2D eigenvalue weighted by atomic mass is 9.94. The molecule has 5 rings (SSSR count). The Morgan fingerprint density at radius 1 is 1.11 bits per heavy atom. The van der Waals surface area contributed by atoms with Crippen LogP contribution in [0.4, 0.5) is 0 Å². The number of ether oxygens (including phenoxy) is 1. The number of hydrogen-bond acceptors (Lipinski definition) is 5. The SMILES string of the molecule is CCn1ccc(-c2cc(-c3cnn(C)c3)cc(C3(NC(=O)c4cc(OCCN(C)C)ccc4C)CC3)c2)n1. The van der Waals surface area contributed by atoms with Crippen LogP contribution in [0.15, 0.2) is 61.1 Å². The number of hydrogen-bond donors (Lipinski definition) is 1. The topological polar surface area (TPSA) is 77.2 Å². The summed E-state index contributed by atoms with van der Waals surface area (Å²) < 4.78 is 9.63. The van der Waals surface area contributed by atoms with Gasteiger partial charge in [-0.2, -0.15) is 10.2 Å². The summed E-state index contributed by atoms with van der Waals surface area (Å²) in [6.45, 7) is 6.23. The summed E-state index contributed by atoms with van der Waals surface area (Å²) >= 11 is 0. The van der Waals surface area contributed by atoms with Crippen molar-refractivity contribution in [3.8, 4) is 28.1 Å². The van der Waals surface area contributed by atoms with Crippen LogP contribution in [-0.2, 0) is 19.1 Å². The Hall–Kier alpha value is -3.91. The van der Waals surface area contributed by atoms with Crippen molar-refractivity contribution in [3.05, 3.63) is 77.7 Å². The van der Waals surface area contributed by atoms with Gasteiger partial charge >= 0.3 is 0 Å². The van der Waals surface area contributed by atoms with E-state index < -0.39 is 5.54 Å². The third-order valence-corrected chi connectivity index (χ3v) is 7.15. The van der Waals surface area contributed by atoms with Crippen molar-refractivity contribution >= 4 is 5.91 Å². The van der Waals surface area contributed by atoms with Crippen LogP contribution in [0.25, 0.3) is 22.4 Å². The molecule has 0 unspecified atom stereocenters. The van der Waals surface area contributed by atoms with E-state index in [0.717, 1.165) is 59.4 Å². The number of benzene rings is 2. The molecular weight excluding hydrogens is 476 g/mol. The van der Waals surface area contributed by atoms with Crippen LogP contribution in [-0.4, -0.2) is 57.6 Å². The number of carbonyl (C=O) groups excluding carboxylic acids is 1. The lowest BCUT2D eigenvalue weighted by Gasteiger charge is -2.21. The fourth-order valence-electron chi connectivity index (χ4n) is 4.66. The van der Waals surface area contributed by atoms with E-state index in [9.17, 15) is 4.79 Å². The number of nitrogens with one attached hydrogen (secondary N) is 1. The highest BCUT2D eigenvalue weighted by atomic mass is 16.5. The molecule has 2 aromatic heterocycles. The van der Waals surface area contributed by atoms with Crippen molar-refractivity contribution in [2.24, 2.45) is 7.05 Å². The third-order valence-electron chi connectivity index (χ3n) is 7.15. The van der Waals surface area contributed by atoms with Crippen molar-refractivity contribution in [1.29, 1.82) is 0 Å². The number of aromatic nitrogens is 4. The minimum Gasteiger partial charge on any atom is -0.492 e. The Morgan fingerprint density at radius 3 is 2.55 bits per heavy atom. The first-order chi connectivity index (χ1) is 18.3. The van der Waals surface area contributed by atoms with Gasteiger partial charge in [-0.3, -0.25) is 14.2 Å². The minimum absolute atomic E-state index is 0.0818. The van der Waals surface area contributed by atoms with Crippen LogP contribution < -0.4 is 10.1 Å². The number of carbonyl (C=O) groups is 1. The molecule has 0 atom stereocenters.